The molecule has 1 saturated heterocycles. The first kappa shape index (κ1) is 11.0. The van der Waals surface area contributed by atoms with Gasteiger partial charge in [-0.2, -0.15) is 0 Å². The molecule has 0 aromatic carbocycles. The third-order valence-electron chi connectivity index (χ3n) is 3.17. The summed E-state index contributed by atoms with van der Waals surface area (Å²) in [6.07, 6.45) is 7.87. The monoisotopic (exact) mass is 210 g/mol. The van der Waals surface area contributed by atoms with Crippen LogP contribution in [0.4, 0.5) is 0 Å². The molecule has 0 aromatic heterocycles. The van der Waals surface area contributed by atoms with Gasteiger partial charge in [-0.3, -0.25) is 10.6 Å². The number of rotatable bonds is 1. The second-order valence-corrected chi connectivity index (χ2v) is 5.40. The third-order valence-corrected chi connectivity index (χ3v) is 3.17. The van der Waals surface area contributed by atoms with E-state index in [-0.39, 0.29) is 17.8 Å². The maximum absolute atomic E-state index is 5.65. The van der Waals surface area contributed by atoms with Gasteiger partial charge in [0.2, 0.25) is 0 Å². The van der Waals surface area contributed by atoms with E-state index < -0.39 is 0 Å². The van der Waals surface area contributed by atoms with E-state index in [1.165, 1.54) is 0 Å². The Hall–Kier alpha value is -0.540. The highest BCUT2D eigenvalue weighted by molar-refractivity contribution is 4.96. The zero-order chi connectivity index (χ0) is 10.9. The molecule has 0 amide bonds. The first-order valence-corrected chi connectivity index (χ1v) is 5.91. The summed E-state index contributed by atoms with van der Waals surface area (Å²) >= 11 is 0. The van der Waals surface area contributed by atoms with Crippen molar-refractivity contribution >= 4 is 0 Å². The second-order valence-electron chi connectivity index (χ2n) is 5.40. The van der Waals surface area contributed by atoms with Crippen LogP contribution in [0.2, 0.25) is 0 Å². The fourth-order valence-electron chi connectivity index (χ4n) is 2.65. The van der Waals surface area contributed by atoms with Crippen LogP contribution in [0.15, 0.2) is 12.3 Å². The fraction of sp³-hybridized carbons (Fsp3) is 0.833. The Morgan fingerprint density at radius 1 is 1.40 bits per heavy atom. The largest absolute Gasteiger partial charge is 0.495 e. The number of hydrogen-bond acceptors (Lipinski definition) is 3. The van der Waals surface area contributed by atoms with Crippen molar-refractivity contribution in [1.29, 1.82) is 0 Å². The highest BCUT2D eigenvalue weighted by atomic mass is 16.5. The van der Waals surface area contributed by atoms with Gasteiger partial charge in [0.1, 0.15) is 6.10 Å². The summed E-state index contributed by atoms with van der Waals surface area (Å²) < 4.78 is 5.65. The van der Waals surface area contributed by atoms with E-state index in [0.29, 0.717) is 6.04 Å². The minimum absolute atomic E-state index is 0.208. The molecule has 3 nitrogen and oxygen atoms in total. The van der Waals surface area contributed by atoms with Gasteiger partial charge in [-0.05, 0) is 46.1 Å². The Bertz CT molecular complexity index is 250. The van der Waals surface area contributed by atoms with Gasteiger partial charge in [-0.15, -0.1) is 0 Å². The number of nitrogens with one attached hydrogen (secondary N) is 2. The van der Waals surface area contributed by atoms with Gasteiger partial charge in [0.25, 0.3) is 0 Å². The number of hydrogen-bond donors (Lipinski definition) is 2. The lowest BCUT2D eigenvalue weighted by Gasteiger charge is -2.44. The van der Waals surface area contributed by atoms with Crippen LogP contribution in [-0.4, -0.2) is 23.9 Å². The molecule has 0 unspecified atom stereocenters. The highest BCUT2D eigenvalue weighted by Gasteiger charge is 2.35. The SMILES string of the molecule is C[C@@H]1CC(C)(C)N[C@@H]([C@@H]2CCC=CO2)N1. The van der Waals surface area contributed by atoms with E-state index >= 15 is 0 Å². The van der Waals surface area contributed by atoms with Crippen LogP contribution in [0, 0.1) is 0 Å². The lowest BCUT2D eigenvalue weighted by Crippen LogP contribution is -2.66. The predicted octanol–water partition coefficient (Wildman–Crippen LogP) is 1.76. The summed E-state index contributed by atoms with van der Waals surface area (Å²) in [5.41, 5.74) is 0.208. The van der Waals surface area contributed by atoms with E-state index in [0.717, 1.165) is 19.3 Å². The van der Waals surface area contributed by atoms with Crippen molar-refractivity contribution in [3.63, 3.8) is 0 Å². The topological polar surface area (TPSA) is 33.3 Å². The second kappa shape index (κ2) is 4.14. The maximum Gasteiger partial charge on any atom is 0.126 e. The van der Waals surface area contributed by atoms with Gasteiger partial charge in [0.15, 0.2) is 0 Å². The van der Waals surface area contributed by atoms with E-state index in [1.54, 1.807) is 0 Å². The summed E-state index contributed by atoms with van der Waals surface area (Å²) in [6, 6.07) is 0.556. The smallest absolute Gasteiger partial charge is 0.126 e. The molecule has 86 valence electrons. The molecule has 15 heavy (non-hydrogen) atoms. The zero-order valence-corrected chi connectivity index (χ0v) is 9.92. The molecule has 3 atom stereocenters. The molecule has 3 heteroatoms. The van der Waals surface area contributed by atoms with Crippen molar-refractivity contribution in [2.45, 2.75) is 63.9 Å². The fourth-order valence-corrected chi connectivity index (χ4v) is 2.65. The summed E-state index contributed by atoms with van der Waals surface area (Å²) in [5, 5.41) is 7.19. The molecule has 2 rings (SSSR count). The Labute approximate surface area is 92.3 Å². The zero-order valence-electron chi connectivity index (χ0n) is 9.92. The van der Waals surface area contributed by atoms with Crippen LogP contribution in [0.1, 0.15) is 40.0 Å². The van der Waals surface area contributed by atoms with Gasteiger partial charge in [-0.1, -0.05) is 0 Å². The first-order valence-electron chi connectivity index (χ1n) is 5.91. The number of ether oxygens (including phenoxy) is 1. The van der Waals surface area contributed by atoms with Crippen LogP contribution >= 0.6 is 0 Å². The molecule has 0 aromatic rings. The summed E-state index contributed by atoms with van der Waals surface area (Å²) in [4.78, 5) is 0. The lowest BCUT2D eigenvalue weighted by atomic mass is 9.91. The average molecular weight is 210 g/mol. The molecule has 2 aliphatic heterocycles. The van der Waals surface area contributed by atoms with E-state index in [1.807, 2.05) is 6.26 Å². The molecule has 1 fully saturated rings. The van der Waals surface area contributed by atoms with Crippen LogP contribution in [0.3, 0.4) is 0 Å². The van der Waals surface area contributed by atoms with Gasteiger partial charge >= 0.3 is 0 Å². The first-order chi connectivity index (χ1) is 7.07. The Morgan fingerprint density at radius 3 is 2.80 bits per heavy atom. The molecule has 0 aliphatic carbocycles. The van der Waals surface area contributed by atoms with Gasteiger partial charge < -0.3 is 4.74 Å². The van der Waals surface area contributed by atoms with Crippen molar-refractivity contribution < 1.29 is 4.74 Å². The normalized spacial score (nSPS) is 39.8. The van der Waals surface area contributed by atoms with Crippen molar-refractivity contribution in [3.8, 4) is 0 Å². The van der Waals surface area contributed by atoms with Crippen molar-refractivity contribution in [1.82, 2.24) is 10.6 Å². The molecular formula is C12H22N2O. The Balaban J connectivity index is 1.99. The third kappa shape index (κ3) is 2.73. The van der Waals surface area contributed by atoms with E-state index in [9.17, 15) is 0 Å². The molecule has 0 spiro atoms. The molecule has 0 bridgehead atoms. The Morgan fingerprint density at radius 2 is 2.20 bits per heavy atom. The standard InChI is InChI=1S/C12H22N2O/c1-9-8-12(2,3)14-11(13-9)10-6-4-5-7-15-10/h5,7,9-11,13-14H,4,6,8H2,1-3H3/t9-,10+,11+/m1/s1. The molecular weight excluding hydrogens is 188 g/mol. The van der Waals surface area contributed by atoms with Crippen molar-refractivity contribution in [2.24, 2.45) is 0 Å². The predicted molar refractivity (Wildman–Crippen MR) is 61.5 cm³/mol. The van der Waals surface area contributed by atoms with Gasteiger partial charge in [0.05, 0.1) is 12.4 Å². The van der Waals surface area contributed by atoms with Gasteiger partial charge in [0, 0.05) is 11.6 Å². The molecule has 2 heterocycles. The van der Waals surface area contributed by atoms with Crippen LogP contribution in [-0.2, 0) is 4.74 Å². The lowest BCUT2D eigenvalue weighted by molar-refractivity contribution is 0.0346. The van der Waals surface area contributed by atoms with Crippen molar-refractivity contribution in [2.75, 3.05) is 0 Å². The average Bonchev–Trinajstić information content (AvgIpc) is 2.16. The maximum atomic E-state index is 5.65. The van der Waals surface area contributed by atoms with Crippen LogP contribution in [0.5, 0.6) is 0 Å². The Kier molecular flexibility index (Phi) is 3.03. The molecule has 0 radical (unpaired) electrons. The highest BCUT2D eigenvalue weighted by Crippen LogP contribution is 2.22. The summed E-state index contributed by atoms with van der Waals surface area (Å²) in [5.74, 6) is 0. The molecule has 2 aliphatic rings. The van der Waals surface area contributed by atoms with Crippen molar-refractivity contribution in [3.05, 3.63) is 12.3 Å². The van der Waals surface area contributed by atoms with Crippen LogP contribution < -0.4 is 10.6 Å². The summed E-state index contributed by atoms with van der Waals surface area (Å²) in [7, 11) is 0. The van der Waals surface area contributed by atoms with Gasteiger partial charge in [-0.25, -0.2) is 0 Å². The molecule has 2 N–H and O–H groups in total. The minimum Gasteiger partial charge on any atom is -0.495 e. The quantitative estimate of drug-likeness (QED) is 0.692. The van der Waals surface area contributed by atoms with E-state index in [2.05, 4.69) is 37.5 Å². The van der Waals surface area contributed by atoms with Crippen LogP contribution in [0.25, 0.3) is 0 Å². The summed E-state index contributed by atoms with van der Waals surface area (Å²) in [6.45, 7) is 6.76. The molecule has 0 saturated carbocycles. The minimum atomic E-state index is 0.208. The number of allylic oxidation sites excluding steroid dienone is 1. The van der Waals surface area contributed by atoms with E-state index in [4.69, 9.17) is 4.74 Å².